The summed E-state index contributed by atoms with van der Waals surface area (Å²) in [4.78, 5) is 138. The van der Waals surface area contributed by atoms with Gasteiger partial charge in [-0.15, -0.1) is 0 Å². The average molecular weight is 1700 g/mol. The summed E-state index contributed by atoms with van der Waals surface area (Å²) in [5.41, 5.74) is 7.57. The zero-order chi connectivity index (χ0) is 84.9. The average Bonchev–Trinajstić information content (AvgIpc) is 1.75. The largest absolute Gasteiger partial charge is 0.471 e. The minimum atomic E-state index is -0.529. The van der Waals surface area contributed by atoms with Gasteiger partial charge in [0.1, 0.15) is 47.3 Å². The van der Waals surface area contributed by atoms with Gasteiger partial charge < -0.3 is 38.5 Å². The van der Waals surface area contributed by atoms with Crippen LogP contribution in [-0.2, 0) is 0 Å². The van der Waals surface area contributed by atoms with Gasteiger partial charge in [0.05, 0.1) is 105 Å². The molecule has 123 heavy (non-hydrogen) atoms. The molecule has 12 aromatic rings. The SMILES string of the molecule is Cc1ccc(-c2ncccn2)c(C(=O)N2CC3CC(Oc4ncc(Cl)cn4)C2C3)n1.Cc1cnc(C(=O)N2CC3CCC2C(Oc2cnc(C)cn2)C3)c(-c2ncccn2)c1.Cc1cnc(OC2CC3CCC2N(C(=O)c2ncc(C)cc2-c2ncccn2)C3)c(F)c1.O=C(c1cccc(F)c1-c1ncccn1)N1CC2CC(Oc3ncc(Cl)cn3)C1C2. The van der Waals surface area contributed by atoms with Gasteiger partial charge in [0.15, 0.2) is 29.1 Å². The lowest BCUT2D eigenvalue weighted by atomic mass is 9.77. The molecule has 626 valence electrons. The summed E-state index contributed by atoms with van der Waals surface area (Å²) in [6.07, 6.45) is 35.4. The Labute approximate surface area is 716 Å². The molecule has 8 bridgehead atoms. The summed E-state index contributed by atoms with van der Waals surface area (Å²) in [5, 5.41) is 0.877. The molecule has 6 saturated heterocycles. The maximum Gasteiger partial charge on any atom is 0.316 e. The number of likely N-dealkylation sites (tertiary alicyclic amines) is 2. The van der Waals surface area contributed by atoms with Gasteiger partial charge >= 0.3 is 12.0 Å². The lowest BCUT2D eigenvalue weighted by Crippen LogP contribution is -2.59. The first kappa shape index (κ1) is 82.2. The zero-order valence-electron chi connectivity index (χ0n) is 67.7. The van der Waals surface area contributed by atoms with Gasteiger partial charge in [-0.1, -0.05) is 29.3 Å². The molecule has 0 radical (unpaired) electrons. The molecule has 6 aliphatic heterocycles. The highest BCUT2D eigenvalue weighted by molar-refractivity contribution is 6.30. The Hall–Kier alpha value is -13.1. The maximum absolute atomic E-state index is 14.7. The predicted molar refractivity (Wildman–Crippen MR) is 444 cm³/mol. The van der Waals surface area contributed by atoms with Crippen molar-refractivity contribution in [3.8, 4) is 69.3 Å². The third kappa shape index (κ3) is 18.3. The van der Waals surface area contributed by atoms with Gasteiger partial charge in [0.25, 0.3) is 29.5 Å². The number of benzene rings is 1. The molecular weight excluding hydrogens is 1610 g/mol. The van der Waals surface area contributed by atoms with Gasteiger partial charge in [-0.05, 0) is 206 Å². The number of amides is 4. The number of nitrogens with zero attached hydrogens (tertiary/aromatic N) is 22. The van der Waals surface area contributed by atoms with Crippen molar-refractivity contribution in [2.24, 2.45) is 23.7 Å². The summed E-state index contributed by atoms with van der Waals surface area (Å²) in [7, 11) is 0. The number of hydrogen-bond donors (Lipinski definition) is 0. The van der Waals surface area contributed by atoms with E-state index in [0.29, 0.717) is 117 Å². The molecule has 11 aromatic heterocycles. The smallest absolute Gasteiger partial charge is 0.316 e. The topological polar surface area (TPSA) is 350 Å². The molecular formula is C89H84Cl2F2N22O8. The number of fused-ring (bicyclic) bond motifs is 10. The molecule has 4 amide bonds. The van der Waals surface area contributed by atoms with Crippen LogP contribution in [0, 0.1) is 69.9 Å². The number of ether oxygens (including phenoxy) is 4. The van der Waals surface area contributed by atoms with E-state index >= 15 is 0 Å². The fourth-order valence-corrected chi connectivity index (χ4v) is 18.1. The summed E-state index contributed by atoms with van der Waals surface area (Å²) in [5.74, 6) is 1.89. The van der Waals surface area contributed by atoms with Crippen LogP contribution in [0.2, 0.25) is 10.0 Å². The molecule has 12 atom stereocenters. The van der Waals surface area contributed by atoms with Crippen LogP contribution < -0.4 is 18.9 Å². The number of piperidine rings is 6. The van der Waals surface area contributed by atoms with Crippen LogP contribution in [0.3, 0.4) is 0 Å². The van der Waals surface area contributed by atoms with Crippen LogP contribution in [0.1, 0.15) is 134 Å². The number of carbonyl (C=O) groups is 4. The molecule has 34 heteroatoms. The Kier molecular flexibility index (Phi) is 24.3. The van der Waals surface area contributed by atoms with E-state index in [2.05, 4.69) is 89.7 Å². The number of rotatable bonds is 16. The first-order valence-electron chi connectivity index (χ1n) is 40.8. The first-order valence-corrected chi connectivity index (χ1v) is 41.6. The van der Waals surface area contributed by atoms with E-state index in [1.165, 1.54) is 55.4 Å². The second-order valence-corrected chi connectivity index (χ2v) is 32.9. The lowest BCUT2D eigenvalue weighted by Gasteiger charge is -2.49. The third-order valence-corrected chi connectivity index (χ3v) is 23.8. The highest BCUT2D eigenvalue weighted by Gasteiger charge is 2.52. The Morgan fingerprint density at radius 1 is 0.358 bits per heavy atom. The van der Waals surface area contributed by atoms with Crippen molar-refractivity contribution in [1.82, 2.24) is 109 Å². The molecule has 1 aromatic carbocycles. The van der Waals surface area contributed by atoms with Crippen LogP contribution in [0.25, 0.3) is 45.6 Å². The van der Waals surface area contributed by atoms with Crippen molar-refractivity contribution < 1.29 is 46.9 Å². The number of aromatic nitrogens is 18. The van der Waals surface area contributed by atoms with Crippen molar-refractivity contribution >= 4 is 46.8 Å². The minimum absolute atomic E-state index is 0.00705. The fourth-order valence-electron chi connectivity index (χ4n) is 17.9. The second-order valence-electron chi connectivity index (χ2n) is 32.0. The predicted octanol–water partition coefficient (Wildman–Crippen LogP) is 13.2. The Balaban J connectivity index is 0.000000116. The number of pyridine rings is 4. The summed E-state index contributed by atoms with van der Waals surface area (Å²) in [6, 6.07) is 20.4. The van der Waals surface area contributed by atoms with Crippen molar-refractivity contribution in [2.75, 3.05) is 26.2 Å². The van der Waals surface area contributed by atoms with Gasteiger partial charge in [-0.2, -0.15) is 0 Å². The van der Waals surface area contributed by atoms with Crippen LogP contribution in [0.5, 0.6) is 23.8 Å². The number of aryl methyl sites for hydroxylation is 5. The highest BCUT2D eigenvalue weighted by atomic mass is 35.5. The molecule has 4 aliphatic carbocycles. The molecule has 10 aliphatic rings. The zero-order valence-corrected chi connectivity index (χ0v) is 69.2. The standard InChI is InChI=1S/C24H24FN5O2.C23H24N6O2.C21H17ClFN5O2.C21H19ClN6O2/c1-14-8-17(22-26-6-3-7-27-22)21(28-11-14)24(31)30-13-16-4-5-19(30)20(10-16)32-23-18(25)9-15(2)12-29-23;1-14-8-17(22-24-6-3-7-25-22)21(28-10-14)23(30)29-13-16-4-5-18(29)19(9-16)31-20-12-26-15(2)11-27-20;22-13-9-26-21(27-10-13)30-17-8-12-7-16(17)28(11-12)20(29)14-3-1-4-15(23)18(14)19-24-5-2-6-25-19;1-12-3-4-15(19-23-5-2-6-24-19)18(27-12)20(29)28-11-13-7-16(28)17(8-13)30-21-25-9-14(22)10-26-21/h3,6-9,11-12,16,19-20H,4-5,10,13H2,1-2H3;3,6-8,10-12,16,18-19H,4-5,9,13H2,1-2H3;1-6,9-10,12,16-17H,7-8,11H2;2-6,9-10,13,16-17H,7-8,11H2,1H3. The van der Waals surface area contributed by atoms with E-state index < -0.39 is 11.6 Å². The van der Waals surface area contributed by atoms with E-state index in [4.69, 9.17) is 42.1 Å². The molecule has 22 rings (SSSR count). The number of carbonyl (C=O) groups excluding carboxylic acids is 4. The molecule has 17 heterocycles. The van der Waals surface area contributed by atoms with Gasteiger partial charge in [0, 0.05) is 100 Å². The maximum atomic E-state index is 14.7. The normalized spacial score (nSPS) is 22.3. The molecule has 12 unspecified atom stereocenters. The van der Waals surface area contributed by atoms with Crippen molar-refractivity contribution in [2.45, 2.75) is 147 Å². The van der Waals surface area contributed by atoms with Crippen LogP contribution in [0.4, 0.5) is 8.78 Å². The van der Waals surface area contributed by atoms with E-state index in [0.717, 1.165) is 92.3 Å². The minimum Gasteiger partial charge on any atom is -0.471 e. The van der Waals surface area contributed by atoms with E-state index in [-0.39, 0.29) is 107 Å². The molecule has 4 saturated carbocycles. The Morgan fingerprint density at radius 2 is 0.789 bits per heavy atom. The Morgan fingerprint density at radius 3 is 1.27 bits per heavy atom. The van der Waals surface area contributed by atoms with Gasteiger partial charge in [-0.3, -0.25) is 34.1 Å². The molecule has 0 spiro atoms. The van der Waals surface area contributed by atoms with Crippen LogP contribution in [0.15, 0.2) is 178 Å². The van der Waals surface area contributed by atoms with E-state index in [1.807, 2.05) is 66.7 Å². The molecule has 30 nitrogen and oxygen atoms in total. The van der Waals surface area contributed by atoms with Crippen molar-refractivity contribution in [1.29, 1.82) is 0 Å². The summed E-state index contributed by atoms with van der Waals surface area (Å²) < 4.78 is 53.1. The van der Waals surface area contributed by atoms with E-state index in [1.54, 1.807) is 110 Å². The first-order chi connectivity index (χ1) is 59.7. The second kappa shape index (κ2) is 36.3. The van der Waals surface area contributed by atoms with Crippen molar-refractivity contribution in [3.05, 3.63) is 251 Å². The molecule has 0 N–H and O–H groups in total. The van der Waals surface area contributed by atoms with E-state index in [9.17, 15) is 28.0 Å². The lowest BCUT2D eigenvalue weighted by molar-refractivity contribution is -0.0328. The van der Waals surface area contributed by atoms with Crippen LogP contribution in [-0.4, -0.2) is 208 Å². The molecule has 10 fully saturated rings. The summed E-state index contributed by atoms with van der Waals surface area (Å²) >= 11 is 11.7. The fraction of sp³-hybridized carbons (Fsp3) is 0.348. The van der Waals surface area contributed by atoms with Gasteiger partial charge in [0.2, 0.25) is 5.88 Å². The third-order valence-electron chi connectivity index (χ3n) is 23.4. The van der Waals surface area contributed by atoms with Gasteiger partial charge in [-0.25, -0.2) is 83.5 Å². The van der Waals surface area contributed by atoms with Crippen molar-refractivity contribution in [3.63, 3.8) is 0 Å². The van der Waals surface area contributed by atoms with Crippen LogP contribution >= 0.6 is 23.2 Å². The monoisotopic (exact) mass is 1700 g/mol. The Bertz CT molecular complexity index is 5740. The highest BCUT2D eigenvalue weighted by Crippen LogP contribution is 2.45. The quantitative estimate of drug-likeness (QED) is 0.0867. The number of halogens is 4. The summed E-state index contributed by atoms with van der Waals surface area (Å²) in [6.45, 7) is 12.1. The number of hydrogen-bond acceptors (Lipinski definition) is 26.